The first-order valence-electron chi connectivity index (χ1n) is 4.94. The summed E-state index contributed by atoms with van der Waals surface area (Å²) in [4.78, 5) is 12.2. The van der Waals surface area contributed by atoms with E-state index < -0.39 is 11.6 Å². The second-order valence-corrected chi connectivity index (χ2v) is 5.34. The zero-order valence-corrected chi connectivity index (χ0v) is 12.0. The molecule has 5 heteroatoms. The molecule has 0 saturated heterocycles. The van der Waals surface area contributed by atoms with Gasteiger partial charge < -0.3 is 0 Å². The highest BCUT2D eigenvalue weighted by Crippen LogP contribution is 2.25. The molecule has 0 N–H and O–H groups in total. The Hall–Kier alpha value is -0.900. The Kier molecular flexibility index (Phi) is 4.05. The van der Waals surface area contributed by atoms with Crippen molar-refractivity contribution < 1.29 is 9.18 Å². The predicted molar refractivity (Wildman–Crippen MR) is 74.0 cm³/mol. The van der Waals surface area contributed by atoms with Crippen LogP contribution in [0.5, 0.6) is 0 Å². The summed E-state index contributed by atoms with van der Waals surface area (Å²) in [6, 6.07) is 8.65. The molecular formula is C13H6BrCl2FO. The van der Waals surface area contributed by atoms with E-state index in [4.69, 9.17) is 23.2 Å². The van der Waals surface area contributed by atoms with Crippen molar-refractivity contribution in [2.45, 2.75) is 0 Å². The van der Waals surface area contributed by atoms with Crippen LogP contribution in [0.1, 0.15) is 15.9 Å². The Morgan fingerprint density at radius 3 is 2.50 bits per heavy atom. The van der Waals surface area contributed by atoms with E-state index in [0.29, 0.717) is 9.50 Å². The summed E-state index contributed by atoms with van der Waals surface area (Å²) < 4.78 is 14.2. The third-order valence-corrected chi connectivity index (χ3v) is 3.40. The number of hydrogen-bond donors (Lipinski definition) is 0. The van der Waals surface area contributed by atoms with E-state index in [2.05, 4.69) is 15.9 Å². The Morgan fingerprint density at radius 2 is 1.78 bits per heavy atom. The van der Waals surface area contributed by atoms with Crippen LogP contribution in [0.2, 0.25) is 10.0 Å². The van der Waals surface area contributed by atoms with Crippen molar-refractivity contribution in [1.82, 2.24) is 0 Å². The standard InChI is InChI=1S/C13H6BrCl2FO/c14-7-1-4-12(17)10(5-7)13(18)9-6-8(15)2-3-11(9)16/h1-6H. The largest absolute Gasteiger partial charge is 0.288 e. The van der Waals surface area contributed by atoms with Crippen molar-refractivity contribution in [2.24, 2.45) is 0 Å². The first-order chi connectivity index (χ1) is 8.49. The number of ketones is 1. The van der Waals surface area contributed by atoms with E-state index in [0.717, 1.165) is 0 Å². The molecule has 0 aliphatic rings. The normalized spacial score (nSPS) is 10.4. The van der Waals surface area contributed by atoms with Gasteiger partial charge in [0.2, 0.25) is 0 Å². The molecule has 2 aromatic rings. The Labute approximate surface area is 122 Å². The second-order valence-electron chi connectivity index (χ2n) is 3.58. The highest BCUT2D eigenvalue weighted by atomic mass is 79.9. The molecular weight excluding hydrogens is 342 g/mol. The van der Waals surface area contributed by atoms with Gasteiger partial charge in [-0.15, -0.1) is 0 Å². The predicted octanol–water partition coefficient (Wildman–Crippen LogP) is 5.13. The molecule has 0 radical (unpaired) electrons. The number of halogens is 4. The van der Waals surface area contributed by atoms with Crippen LogP contribution in [-0.4, -0.2) is 5.78 Å². The zero-order valence-electron chi connectivity index (χ0n) is 8.88. The second kappa shape index (κ2) is 5.39. The number of carbonyl (C=O) groups excluding carboxylic acids is 1. The first kappa shape index (κ1) is 13.5. The van der Waals surface area contributed by atoms with Crippen molar-refractivity contribution in [1.29, 1.82) is 0 Å². The third kappa shape index (κ3) is 2.74. The van der Waals surface area contributed by atoms with Crippen molar-refractivity contribution >= 4 is 44.9 Å². The van der Waals surface area contributed by atoms with Crippen LogP contribution in [0.15, 0.2) is 40.9 Å². The molecule has 0 amide bonds. The molecule has 0 heterocycles. The molecule has 0 unspecified atom stereocenters. The molecule has 0 aliphatic heterocycles. The lowest BCUT2D eigenvalue weighted by atomic mass is 10.0. The monoisotopic (exact) mass is 346 g/mol. The van der Waals surface area contributed by atoms with E-state index in [1.165, 1.54) is 30.3 Å². The minimum atomic E-state index is -0.598. The highest BCUT2D eigenvalue weighted by molar-refractivity contribution is 9.10. The SMILES string of the molecule is O=C(c1cc(Br)ccc1F)c1cc(Cl)ccc1Cl. The molecule has 2 aromatic carbocycles. The molecule has 1 nitrogen and oxygen atoms in total. The molecule has 0 spiro atoms. The van der Waals surface area contributed by atoms with Crippen LogP contribution < -0.4 is 0 Å². The Bertz CT molecular complexity index is 575. The van der Waals surface area contributed by atoms with E-state index in [9.17, 15) is 9.18 Å². The lowest BCUT2D eigenvalue weighted by Gasteiger charge is -2.06. The number of rotatable bonds is 2. The van der Waals surface area contributed by atoms with Gasteiger partial charge in [-0.05, 0) is 36.4 Å². The minimum Gasteiger partial charge on any atom is -0.288 e. The first-order valence-corrected chi connectivity index (χ1v) is 6.49. The van der Waals surface area contributed by atoms with Gasteiger partial charge in [0.1, 0.15) is 5.82 Å². The van der Waals surface area contributed by atoms with Gasteiger partial charge in [0, 0.05) is 15.1 Å². The maximum Gasteiger partial charge on any atom is 0.197 e. The van der Waals surface area contributed by atoms with Gasteiger partial charge in [0.25, 0.3) is 0 Å². The number of carbonyl (C=O) groups is 1. The maximum atomic E-state index is 13.6. The molecule has 0 aliphatic carbocycles. The molecule has 0 atom stereocenters. The van der Waals surface area contributed by atoms with E-state index in [1.54, 1.807) is 6.07 Å². The number of benzene rings is 2. The summed E-state index contributed by atoms with van der Waals surface area (Å²) in [5.41, 5.74) is 0.134. The summed E-state index contributed by atoms with van der Waals surface area (Å²) in [6.07, 6.45) is 0. The molecule has 18 heavy (non-hydrogen) atoms. The average molecular weight is 348 g/mol. The smallest absolute Gasteiger partial charge is 0.197 e. The van der Waals surface area contributed by atoms with Gasteiger partial charge >= 0.3 is 0 Å². The minimum absolute atomic E-state index is 0.0476. The fraction of sp³-hybridized carbons (Fsp3) is 0. The Morgan fingerprint density at radius 1 is 1.06 bits per heavy atom. The van der Waals surface area contributed by atoms with Crippen LogP contribution in [0.25, 0.3) is 0 Å². The lowest BCUT2D eigenvalue weighted by molar-refractivity contribution is 0.103. The van der Waals surface area contributed by atoms with E-state index in [-0.39, 0.29) is 16.1 Å². The lowest BCUT2D eigenvalue weighted by Crippen LogP contribution is -2.05. The third-order valence-electron chi connectivity index (χ3n) is 2.35. The van der Waals surface area contributed by atoms with E-state index in [1.807, 2.05) is 0 Å². The summed E-state index contributed by atoms with van der Waals surface area (Å²) in [5, 5.41) is 0.613. The molecule has 92 valence electrons. The highest BCUT2D eigenvalue weighted by Gasteiger charge is 2.17. The molecule has 0 bridgehead atoms. The Balaban J connectivity index is 2.54. The fourth-order valence-corrected chi connectivity index (χ4v) is 2.22. The van der Waals surface area contributed by atoms with Gasteiger partial charge in [-0.2, -0.15) is 0 Å². The number of hydrogen-bond acceptors (Lipinski definition) is 1. The summed E-state index contributed by atoms with van der Waals surface area (Å²) >= 11 is 14.9. The fourth-order valence-electron chi connectivity index (χ4n) is 1.49. The average Bonchev–Trinajstić information content (AvgIpc) is 2.34. The maximum absolute atomic E-state index is 13.6. The molecule has 0 saturated carbocycles. The summed E-state index contributed by atoms with van der Waals surface area (Å²) in [6.45, 7) is 0. The van der Waals surface area contributed by atoms with Crippen LogP contribution in [-0.2, 0) is 0 Å². The van der Waals surface area contributed by atoms with Crippen LogP contribution >= 0.6 is 39.1 Å². The van der Waals surface area contributed by atoms with Crippen molar-refractivity contribution in [3.63, 3.8) is 0 Å². The van der Waals surface area contributed by atoms with Crippen LogP contribution in [0.3, 0.4) is 0 Å². The molecule has 0 fully saturated rings. The van der Waals surface area contributed by atoms with Gasteiger partial charge in [-0.1, -0.05) is 39.1 Å². The molecule has 2 rings (SSSR count). The van der Waals surface area contributed by atoms with Gasteiger partial charge in [0.05, 0.1) is 10.6 Å². The summed E-state index contributed by atoms with van der Waals surface area (Å²) in [5.74, 6) is -1.10. The summed E-state index contributed by atoms with van der Waals surface area (Å²) in [7, 11) is 0. The van der Waals surface area contributed by atoms with Gasteiger partial charge in [-0.25, -0.2) is 4.39 Å². The van der Waals surface area contributed by atoms with Crippen molar-refractivity contribution in [3.8, 4) is 0 Å². The quantitative estimate of drug-likeness (QED) is 0.688. The van der Waals surface area contributed by atoms with E-state index >= 15 is 0 Å². The molecule has 0 aromatic heterocycles. The van der Waals surface area contributed by atoms with Crippen molar-refractivity contribution in [2.75, 3.05) is 0 Å². The van der Waals surface area contributed by atoms with Gasteiger partial charge in [-0.3, -0.25) is 4.79 Å². The van der Waals surface area contributed by atoms with Crippen LogP contribution in [0, 0.1) is 5.82 Å². The zero-order chi connectivity index (χ0) is 13.3. The van der Waals surface area contributed by atoms with Crippen LogP contribution in [0.4, 0.5) is 4.39 Å². The topological polar surface area (TPSA) is 17.1 Å². The van der Waals surface area contributed by atoms with Crippen molar-refractivity contribution in [3.05, 3.63) is 67.9 Å². The van der Waals surface area contributed by atoms with Gasteiger partial charge in [0.15, 0.2) is 5.78 Å².